The molecule has 0 saturated heterocycles. The fourth-order valence-electron chi connectivity index (χ4n) is 5.57. The highest BCUT2D eigenvalue weighted by Gasteiger charge is 2.40. The van der Waals surface area contributed by atoms with Crippen molar-refractivity contribution < 1.29 is 4.57 Å². The standard InChI is InChI=1S/C33H48NSi/c1-12-14-24(5)15-17-28-27-18-16-26(33(6,7)8)21-29(27)31-20-25(19-23(3)4)32(35(9,10)11)22-34(31)30(28)13-2/h12-14,16,18,20-23,28,30H,2,5,15,17,19H2,1,3-4,6-11H3/q+1/b14-12-. The van der Waals surface area contributed by atoms with Crippen LogP contribution in [0.15, 0.2) is 67.4 Å². The fraction of sp³-hybridized carbons (Fsp3) is 0.485. The lowest BCUT2D eigenvalue weighted by Crippen LogP contribution is -2.53. The van der Waals surface area contributed by atoms with Crippen LogP contribution in [0.1, 0.15) is 83.0 Å². The number of hydrogen-bond donors (Lipinski definition) is 0. The van der Waals surface area contributed by atoms with E-state index in [4.69, 9.17) is 0 Å². The Labute approximate surface area is 216 Å². The van der Waals surface area contributed by atoms with Crippen molar-refractivity contribution in [3.05, 3.63) is 84.1 Å². The summed E-state index contributed by atoms with van der Waals surface area (Å²) < 4.78 is 2.57. The van der Waals surface area contributed by atoms with Gasteiger partial charge >= 0.3 is 0 Å². The third-order valence-corrected chi connectivity index (χ3v) is 9.45. The van der Waals surface area contributed by atoms with Gasteiger partial charge in [-0.3, -0.25) is 0 Å². The Bertz CT molecular complexity index is 1120. The molecule has 1 aromatic carbocycles. The average molecular weight is 487 g/mol. The molecule has 0 fully saturated rings. The van der Waals surface area contributed by atoms with E-state index in [-0.39, 0.29) is 11.5 Å². The lowest BCUT2D eigenvalue weighted by atomic mass is 9.76. The minimum Gasteiger partial charge on any atom is -0.191 e. The molecule has 0 N–H and O–H groups in total. The average Bonchev–Trinajstić information content (AvgIpc) is 2.75. The van der Waals surface area contributed by atoms with Gasteiger partial charge in [-0.15, -0.1) is 0 Å². The number of fused-ring (bicyclic) bond motifs is 3. The van der Waals surface area contributed by atoms with Gasteiger partial charge in [0.1, 0.15) is 0 Å². The molecule has 35 heavy (non-hydrogen) atoms. The van der Waals surface area contributed by atoms with Crippen LogP contribution in [0.2, 0.25) is 19.6 Å². The van der Waals surface area contributed by atoms with Crippen LogP contribution in [0.4, 0.5) is 0 Å². The van der Waals surface area contributed by atoms with E-state index in [9.17, 15) is 0 Å². The Kier molecular flexibility index (Phi) is 8.16. The second kappa shape index (κ2) is 10.4. The predicted molar refractivity (Wildman–Crippen MR) is 157 cm³/mol. The molecular weight excluding hydrogens is 438 g/mol. The molecule has 0 aliphatic carbocycles. The minimum absolute atomic E-state index is 0.115. The van der Waals surface area contributed by atoms with Crippen LogP contribution in [0.25, 0.3) is 11.3 Å². The van der Waals surface area contributed by atoms with E-state index in [0.717, 1.165) is 19.3 Å². The molecule has 0 bridgehead atoms. The maximum Gasteiger partial charge on any atom is 0.213 e. The molecule has 3 rings (SSSR count). The zero-order valence-electron chi connectivity index (χ0n) is 23.8. The largest absolute Gasteiger partial charge is 0.213 e. The highest BCUT2D eigenvalue weighted by Crippen LogP contribution is 2.43. The molecule has 2 atom stereocenters. The summed E-state index contributed by atoms with van der Waals surface area (Å²) in [6.07, 6.45) is 12.2. The highest BCUT2D eigenvalue weighted by molar-refractivity contribution is 6.89. The monoisotopic (exact) mass is 486 g/mol. The number of benzene rings is 1. The Balaban J connectivity index is 2.29. The molecule has 1 aliphatic rings. The SMILES string of the molecule is C=CC1C(CCC(=C)/C=C\C)c2ccc(C(C)(C)C)cc2-c2cc(CC(C)C)c([Si](C)(C)C)c[n+]21. The summed E-state index contributed by atoms with van der Waals surface area (Å²) in [7, 11) is -1.53. The molecule has 0 radical (unpaired) electrons. The van der Waals surface area contributed by atoms with Crippen LogP contribution in [-0.4, -0.2) is 8.07 Å². The summed E-state index contributed by atoms with van der Waals surface area (Å²) in [5.41, 5.74) is 8.49. The first-order chi connectivity index (χ1) is 16.3. The van der Waals surface area contributed by atoms with Crippen molar-refractivity contribution in [1.82, 2.24) is 0 Å². The Morgan fingerprint density at radius 2 is 1.83 bits per heavy atom. The minimum atomic E-state index is -1.53. The maximum atomic E-state index is 4.34. The Hall–Kier alpha value is -2.19. The normalized spacial score (nSPS) is 18.0. The Morgan fingerprint density at radius 3 is 2.37 bits per heavy atom. The number of aromatic nitrogens is 1. The first kappa shape index (κ1) is 27.4. The van der Waals surface area contributed by atoms with Crippen LogP contribution < -0.4 is 9.75 Å². The molecule has 0 amide bonds. The smallest absolute Gasteiger partial charge is 0.191 e. The van der Waals surface area contributed by atoms with Crippen molar-refractivity contribution >= 4 is 13.3 Å². The molecule has 1 aliphatic heterocycles. The molecule has 2 aromatic rings. The third-order valence-electron chi connectivity index (χ3n) is 7.39. The van der Waals surface area contributed by atoms with E-state index >= 15 is 0 Å². The quantitative estimate of drug-likeness (QED) is 0.153. The Morgan fingerprint density at radius 1 is 1.14 bits per heavy atom. The summed E-state index contributed by atoms with van der Waals surface area (Å²) in [5, 5.41) is 1.59. The van der Waals surface area contributed by atoms with Crippen LogP contribution in [-0.2, 0) is 11.8 Å². The van der Waals surface area contributed by atoms with Crippen molar-refractivity contribution in [2.75, 3.05) is 0 Å². The molecule has 0 spiro atoms. The predicted octanol–water partition coefficient (Wildman–Crippen LogP) is 8.42. The number of hydrogen-bond acceptors (Lipinski definition) is 0. The van der Waals surface area contributed by atoms with Gasteiger partial charge in [0, 0.05) is 11.3 Å². The number of pyridine rings is 1. The van der Waals surface area contributed by atoms with Crippen molar-refractivity contribution in [3.8, 4) is 11.3 Å². The molecule has 1 aromatic heterocycles. The van der Waals surface area contributed by atoms with E-state index in [0.29, 0.717) is 11.8 Å². The van der Waals surface area contributed by atoms with Crippen molar-refractivity contribution in [3.63, 3.8) is 0 Å². The van der Waals surface area contributed by atoms with Crippen LogP contribution >= 0.6 is 0 Å². The van der Waals surface area contributed by atoms with Crippen LogP contribution in [0.5, 0.6) is 0 Å². The molecule has 2 heteroatoms. The second-order valence-corrected chi connectivity index (χ2v) is 18.0. The number of rotatable bonds is 8. The first-order valence-electron chi connectivity index (χ1n) is 13.4. The highest BCUT2D eigenvalue weighted by atomic mass is 28.3. The van der Waals surface area contributed by atoms with Crippen molar-refractivity contribution in [2.24, 2.45) is 5.92 Å². The summed E-state index contributed by atoms with van der Waals surface area (Å²) in [4.78, 5) is 0. The van der Waals surface area contributed by atoms with E-state index in [2.05, 4.69) is 128 Å². The second-order valence-electron chi connectivity index (χ2n) is 12.9. The van der Waals surface area contributed by atoms with Gasteiger partial charge in [0.25, 0.3) is 0 Å². The van der Waals surface area contributed by atoms with E-state index in [1.54, 1.807) is 10.8 Å². The van der Waals surface area contributed by atoms with Gasteiger partial charge in [0.05, 0.1) is 19.6 Å². The zero-order chi connectivity index (χ0) is 26.1. The zero-order valence-corrected chi connectivity index (χ0v) is 24.8. The maximum absolute atomic E-state index is 4.34. The summed E-state index contributed by atoms with van der Waals surface area (Å²) in [6, 6.07) is 10.0. The van der Waals surface area contributed by atoms with Gasteiger partial charge < -0.3 is 0 Å². The van der Waals surface area contributed by atoms with Gasteiger partial charge in [-0.05, 0) is 66.4 Å². The molecule has 188 valence electrons. The summed E-state index contributed by atoms with van der Waals surface area (Å²) in [6.45, 7) is 29.8. The molecule has 0 saturated carbocycles. The van der Waals surface area contributed by atoms with Gasteiger partial charge in [-0.2, -0.15) is 4.57 Å². The molecule has 2 unspecified atom stereocenters. The lowest BCUT2D eigenvalue weighted by Gasteiger charge is -2.32. The van der Waals surface area contributed by atoms with Crippen molar-refractivity contribution in [2.45, 2.75) is 97.8 Å². The van der Waals surface area contributed by atoms with Gasteiger partial charge in [-0.1, -0.05) is 97.3 Å². The molecule has 1 nitrogen and oxygen atoms in total. The third kappa shape index (κ3) is 5.97. The molecule has 2 heterocycles. The fourth-order valence-corrected chi connectivity index (χ4v) is 7.23. The van der Waals surface area contributed by atoms with Gasteiger partial charge in [-0.25, -0.2) is 0 Å². The van der Waals surface area contributed by atoms with E-state index in [1.165, 1.54) is 28.0 Å². The molecular formula is C33H48NSi+. The van der Waals surface area contributed by atoms with Crippen LogP contribution in [0, 0.1) is 5.92 Å². The summed E-state index contributed by atoms with van der Waals surface area (Å²) >= 11 is 0. The lowest BCUT2D eigenvalue weighted by molar-refractivity contribution is -0.706. The number of nitrogens with zero attached hydrogens (tertiary/aromatic N) is 1. The van der Waals surface area contributed by atoms with Gasteiger partial charge in [0.2, 0.25) is 5.69 Å². The van der Waals surface area contributed by atoms with E-state index in [1.807, 2.05) is 0 Å². The number of allylic oxidation sites excluding steroid dienone is 4. The van der Waals surface area contributed by atoms with Crippen LogP contribution in [0.3, 0.4) is 0 Å². The van der Waals surface area contributed by atoms with Crippen molar-refractivity contribution in [1.29, 1.82) is 0 Å². The summed E-state index contributed by atoms with van der Waals surface area (Å²) in [5.74, 6) is 1.03. The first-order valence-corrected chi connectivity index (χ1v) is 16.9. The topological polar surface area (TPSA) is 3.88 Å². The van der Waals surface area contributed by atoms with E-state index < -0.39 is 8.07 Å². The van der Waals surface area contributed by atoms with Gasteiger partial charge in [0.15, 0.2) is 12.2 Å².